The maximum absolute atomic E-state index is 15.0. The highest BCUT2D eigenvalue weighted by Crippen LogP contribution is 2.32. The number of hydrogen-bond donors (Lipinski definition) is 3. The van der Waals surface area contributed by atoms with Gasteiger partial charge in [-0.2, -0.15) is 4.98 Å². The topological polar surface area (TPSA) is 118 Å². The van der Waals surface area contributed by atoms with E-state index in [4.69, 9.17) is 4.98 Å². The first kappa shape index (κ1) is 27.0. The van der Waals surface area contributed by atoms with E-state index in [9.17, 15) is 18.4 Å². The fourth-order valence-electron chi connectivity index (χ4n) is 4.61. The molecule has 4 aromatic heterocycles. The van der Waals surface area contributed by atoms with Crippen molar-refractivity contribution in [2.45, 2.75) is 19.9 Å². The summed E-state index contributed by atoms with van der Waals surface area (Å²) in [5.74, 6) is -1.29. The van der Waals surface area contributed by atoms with Crippen LogP contribution >= 0.6 is 11.3 Å². The molecule has 0 spiro atoms. The number of para-hydroxylation sites is 1. The third kappa shape index (κ3) is 5.39. The van der Waals surface area contributed by atoms with Crippen LogP contribution in [0.5, 0.6) is 0 Å². The Kier molecular flexibility index (Phi) is 7.28. The van der Waals surface area contributed by atoms with Crippen molar-refractivity contribution < 1.29 is 13.6 Å². The molecule has 12 heteroatoms. The second-order valence-corrected chi connectivity index (χ2v) is 10.5. The van der Waals surface area contributed by atoms with Crippen LogP contribution in [0.3, 0.4) is 0 Å². The number of halogens is 2. The average Bonchev–Trinajstić information content (AvgIpc) is 3.68. The summed E-state index contributed by atoms with van der Waals surface area (Å²) in [5.41, 5.74) is 1.20. The van der Waals surface area contributed by atoms with Crippen molar-refractivity contribution in [1.82, 2.24) is 24.5 Å². The van der Waals surface area contributed by atoms with Crippen molar-refractivity contribution >= 4 is 39.9 Å². The number of carbonyl (C=O) groups is 1. The molecule has 3 N–H and O–H groups in total. The van der Waals surface area contributed by atoms with Gasteiger partial charge in [0.05, 0.1) is 18.7 Å². The summed E-state index contributed by atoms with van der Waals surface area (Å²) in [4.78, 5) is 43.2. The van der Waals surface area contributed by atoms with Gasteiger partial charge in [-0.05, 0) is 54.3 Å². The lowest BCUT2D eigenvalue weighted by atomic mass is 10.0. The summed E-state index contributed by atoms with van der Waals surface area (Å²) in [6.45, 7) is 2.10. The van der Waals surface area contributed by atoms with Gasteiger partial charge in [-0.15, -0.1) is 11.3 Å². The van der Waals surface area contributed by atoms with Gasteiger partial charge in [-0.25, -0.2) is 18.7 Å². The number of nitrogens with one attached hydrogen (secondary N) is 3. The Morgan fingerprint density at radius 2 is 1.88 bits per heavy atom. The van der Waals surface area contributed by atoms with E-state index in [-0.39, 0.29) is 30.5 Å². The van der Waals surface area contributed by atoms with Crippen LogP contribution in [0.2, 0.25) is 0 Å². The lowest BCUT2D eigenvalue weighted by molar-refractivity contribution is -0.115. The van der Waals surface area contributed by atoms with E-state index in [1.807, 2.05) is 30.5 Å². The fourth-order valence-corrected chi connectivity index (χ4v) is 5.31. The number of anilines is 2. The van der Waals surface area contributed by atoms with Crippen LogP contribution in [0.1, 0.15) is 16.3 Å². The predicted octanol–water partition coefficient (Wildman–Crippen LogP) is 5.61. The number of amides is 1. The highest BCUT2D eigenvalue weighted by atomic mass is 32.1. The molecule has 0 atom stereocenters. The number of benzene rings is 2. The van der Waals surface area contributed by atoms with Crippen molar-refractivity contribution in [1.29, 1.82) is 0 Å². The van der Waals surface area contributed by atoms with Gasteiger partial charge in [0.1, 0.15) is 23.1 Å². The van der Waals surface area contributed by atoms with Crippen molar-refractivity contribution in [3.63, 3.8) is 0 Å². The van der Waals surface area contributed by atoms with E-state index in [2.05, 4.69) is 25.6 Å². The molecule has 6 rings (SSSR count). The zero-order valence-electron chi connectivity index (χ0n) is 22.2. The molecular formula is C30H23F2N7O2S. The van der Waals surface area contributed by atoms with Crippen LogP contribution in [0.4, 0.5) is 20.4 Å². The molecular weight excluding hydrogens is 560 g/mol. The molecule has 0 bridgehead atoms. The molecule has 42 heavy (non-hydrogen) atoms. The largest absolute Gasteiger partial charge is 0.347 e. The summed E-state index contributed by atoms with van der Waals surface area (Å²) in [6.07, 6.45) is 3.51. The van der Waals surface area contributed by atoms with Gasteiger partial charge >= 0.3 is 0 Å². The lowest BCUT2D eigenvalue weighted by Gasteiger charge is -2.16. The minimum Gasteiger partial charge on any atom is -0.347 e. The first-order valence-electron chi connectivity index (χ1n) is 12.9. The first-order valence-corrected chi connectivity index (χ1v) is 13.8. The Morgan fingerprint density at radius 3 is 2.62 bits per heavy atom. The lowest BCUT2D eigenvalue weighted by Crippen LogP contribution is -2.21. The Hall–Kier alpha value is -5.23. The molecule has 0 unspecified atom stereocenters. The number of hydrogen-bond acceptors (Lipinski definition) is 7. The average molecular weight is 584 g/mol. The van der Waals surface area contributed by atoms with E-state index in [1.54, 1.807) is 24.5 Å². The van der Waals surface area contributed by atoms with Crippen molar-refractivity contribution in [3.05, 3.63) is 117 Å². The Bertz CT molecular complexity index is 1950. The van der Waals surface area contributed by atoms with Gasteiger partial charge in [0, 0.05) is 40.0 Å². The normalized spacial score (nSPS) is 11.1. The number of pyridine rings is 1. The van der Waals surface area contributed by atoms with E-state index < -0.39 is 22.9 Å². The number of nitrogens with zero attached hydrogens (tertiary/aromatic N) is 4. The van der Waals surface area contributed by atoms with Crippen molar-refractivity contribution in [2.75, 3.05) is 10.6 Å². The number of carbonyl (C=O) groups excluding carboxylic acids is 1. The molecule has 0 saturated heterocycles. The summed E-state index contributed by atoms with van der Waals surface area (Å²) >= 11 is 1.50. The number of rotatable bonds is 8. The number of fused-ring (bicyclic) bond motifs is 1. The summed E-state index contributed by atoms with van der Waals surface area (Å²) < 4.78 is 30.8. The summed E-state index contributed by atoms with van der Waals surface area (Å²) in [7, 11) is 0. The molecule has 210 valence electrons. The van der Waals surface area contributed by atoms with Gasteiger partial charge < -0.3 is 15.6 Å². The molecule has 9 nitrogen and oxygen atoms in total. The van der Waals surface area contributed by atoms with Crippen LogP contribution in [0.15, 0.2) is 83.2 Å². The van der Waals surface area contributed by atoms with Gasteiger partial charge in [-0.3, -0.25) is 14.2 Å². The van der Waals surface area contributed by atoms with Gasteiger partial charge in [0.2, 0.25) is 11.9 Å². The zero-order chi connectivity index (χ0) is 29.2. The minimum atomic E-state index is -0.915. The summed E-state index contributed by atoms with van der Waals surface area (Å²) in [5, 5.41) is 8.30. The van der Waals surface area contributed by atoms with E-state index in [0.717, 1.165) is 27.1 Å². The molecule has 4 heterocycles. The number of aromatic amines is 1. The molecule has 6 aromatic rings. The van der Waals surface area contributed by atoms with Crippen LogP contribution in [0.25, 0.3) is 28.0 Å². The highest BCUT2D eigenvalue weighted by Gasteiger charge is 2.21. The predicted molar refractivity (Wildman–Crippen MR) is 158 cm³/mol. The molecule has 1 amide bonds. The molecule has 0 fully saturated rings. The number of aromatic nitrogens is 5. The van der Waals surface area contributed by atoms with Gasteiger partial charge in [0.25, 0.3) is 5.56 Å². The quantitative estimate of drug-likeness (QED) is 0.214. The Morgan fingerprint density at radius 1 is 1.05 bits per heavy atom. The number of imidazole rings is 1. The van der Waals surface area contributed by atoms with Crippen LogP contribution in [0, 0.1) is 18.6 Å². The minimum absolute atomic E-state index is 0.00461. The number of thiophene rings is 1. The zero-order valence-corrected chi connectivity index (χ0v) is 23.0. The molecule has 0 aliphatic carbocycles. The van der Waals surface area contributed by atoms with Gasteiger partial charge in [0.15, 0.2) is 5.65 Å². The number of H-pyrrole nitrogens is 1. The first-order chi connectivity index (χ1) is 20.4. The monoisotopic (exact) mass is 583 g/mol. The standard InChI is InChI=1S/C30H23F2N7O2S/c1-17-7-8-18(36-25(40)15-19-4-3-13-42-19)14-21(17)27-20-9-10-26(41)39(28-22(31)5-2-6-23(28)32)29(20)38-30(37-27)35-16-24-33-11-12-34-24/h2-14H,15-16H2,1H3,(H,33,34)(H,36,40)(H,35,37,38). The van der Waals surface area contributed by atoms with E-state index in [0.29, 0.717) is 28.2 Å². The molecule has 2 aromatic carbocycles. The van der Waals surface area contributed by atoms with Crippen molar-refractivity contribution in [2.24, 2.45) is 0 Å². The maximum Gasteiger partial charge on any atom is 0.256 e. The van der Waals surface area contributed by atoms with Crippen molar-refractivity contribution in [3.8, 4) is 16.9 Å². The maximum atomic E-state index is 15.0. The number of aryl methyl sites for hydroxylation is 1. The van der Waals surface area contributed by atoms with Gasteiger partial charge in [-0.1, -0.05) is 18.2 Å². The Balaban J connectivity index is 1.51. The highest BCUT2D eigenvalue weighted by molar-refractivity contribution is 7.10. The molecule has 0 aliphatic heterocycles. The smallest absolute Gasteiger partial charge is 0.256 e. The van der Waals surface area contributed by atoms with Crippen LogP contribution < -0.4 is 16.2 Å². The third-order valence-electron chi connectivity index (χ3n) is 6.57. The SMILES string of the molecule is Cc1ccc(NC(=O)Cc2cccs2)cc1-c1nc(NCc2ncc[nH]2)nc2c1ccc(=O)n2-c1c(F)cccc1F. The van der Waals surface area contributed by atoms with E-state index >= 15 is 0 Å². The van der Waals surface area contributed by atoms with E-state index in [1.165, 1.54) is 29.5 Å². The van der Waals surface area contributed by atoms with Crippen LogP contribution in [-0.2, 0) is 17.8 Å². The molecule has 0 saturated carbocycles. The summed E-state index contributed by atoms with van der Waals surface area (Å²) in [6, 6.07) is 15.3. The fraction of sp³-hybridized carbons (Fsp3) is 0.100. The second kappa shape index (κ2) is 11.3. The molecule has 0 aliphatic rings. The third-order valence-corrected chi connectivity index (χ3v) is 7.45. The van der Waals surface area contributed by atoms with Crippen LogP contribution in [-0.4, -0.2) is 30.4 Å². The Labute approximate surface area is 241 Å². The second-order valence-electron chi connectivity index (χ2n) is 9.43. The molecule has 0 radical (unpaired) electrons.